The van der Waals surface area contributed by atoms with Gasteiger partial charge in [0.2, 0.25) is 5.95 Å². The van der Waals surface area contributed by atoms with Gasteiger partial charge in [0.25, 0.3) is 5.91 Å². The van der Waals surface area contributed by atoms with Crippen LogP contribution in [0.2, 0.25) is 0 Å². The molecule has 0 aliphatic carbocycles. The monoisotopic (exact) mass is 451 g/mol. The van der Waals surface area contributed by atoms with Crippen molar-refractivity contribution in [2.45, 2.75) is 38.8 Å². The Morgan fingerprint density at radius 2 is 2.06 bits per heavy atom. The standard InChI is InChI=1S/C24H26FN5O3/c1-4-19(16-7-8-17(18(25)13-16)22(31)29-11-5-6-12-29)27-23-26-10-9-21(28-23)30-20(15(2)3)14-33-24(30)32/h1,7-10,13,15,19-20H,5-6,11-12,14H2,2-3H3,(H,26,27,28). The molecule has 0 spiro atoms. The third kappa shape index (κ3) is 4.60. The molecule has 2 aromatic rings. The number of terminal acetylenes is 1. The molecule has 2 atom stereocenters. The minimum absolute atomic E-state index is 0.0296. The summed E-state index contributed by atoms with van der Waals surface area (Å²) in [5.41, 5.74) is 0.490. The van der Waals surface area contributed by atoms with Gasteiger partial charge in [-0.25, -0.2) is 14.2 Å². The van der Waals surface area contributed by atoms with Crippen molar-refractivity contribution >= 4 is 23.8 Å². The first-order chi connectivity index (χ1) is 15.9. The molecule has 2 aliphatic rings. The Bertz CT molecular complexity index is 1090. The van der Waals surface area contributed by atoms with Crippen molar-refractivity contribution in [2.75, 3.05) is 29.9 Å². The van der Waals surface area contributed by atoms with E-state index in [1.807, 2.05) is 13.8 Å². The number of cyclic esters (lactones) is 1. The van der Waals surface area contributed by atoms with Crippen LogP contribution in [-0.2, 0) is 4.74 Å². The second-order valence-corrected chi connectivity index (χ2v) is 8.48. The number of hydrogen-bond donors (Lipinski definition) is 1. The second kappa shape index (κ2) is 9.45. The lowest BCUT2D eigenvalue weighted by molar-refractivity contribution is 0.0788. The molecule has 2 amide bonds. The van der Waals surface area contributed by atoms with Crippen molar-refractivity contribution in [3.63, 3.8) is 0 Å². The van der Waals surface area contributed by atoms with Gasteiger partial charge < -0.3 is 15.0 Å². The lowest BCUT2D eigenvalue weighted by Gasteiger charge is -2.23. The molecule has 2 unspecified atom stereocenters. The van der Waals surface area contributed by atoms with Crippen LogP contribution in [0.1, 0.15) is 48.7 Å². The summed E-state index contributed by atoms with van der Waals surface area (Å²) in [6.07, 6.45) is 8.60. The Labute approximate surface area is 192 Å². The number of likely N-dealkylation sites (tertiary alicyclic amines) is 1. The van der Waals surface area contributed by atoms with Gasteiger partial charge in [0.1, 0.15) is 24.3 Å². The molecule has 8 nitrogen and oxygen atoms in total. The van der Waals surface area contributed by atoms with E-state index in [0.717, 1.165) is 12.8 Å². The first kappa shape index (κ1) is 22.5. The lowest BCUT2D eigenvalue weighted by atomic mass is 10.0. The van der Waals surface area contributed by atoms with Gasteiger partial charge in [-0.15, -0.1) is 6.42 Å². The summed E-state index contributed by atoms with van der Waals surface area (Å²) in [4.78, 5) is 36.5. The van der Waals surface area contributed by atoms with Gasteiger partial charge in [-0.1, -0.05) is 25.8 Å². The number of nitrogens with one attached hydrogen (secondary N) is 1. The smallest absolute Gasteiger partial charge is 0.415 e. The normalized spacial score (nSPS) is 18.9. The average molecular weight is 452 g/mol. The predicted molar refractivity (Wildman–Crippen MR) is 121 cm³/mol. The molecule has 33 heavy (non-hydrogen) atoms. The first-order valence-corrected chi connectivity index (χ1v) is 11.0. The van der Waals surface area contributed by atoms with E-state index in [0.29, 0.717) is 24.5 Å². The molecule has 2 saturated heterocycles. The molecule has 0 saturated carbocycles. The van der Waals surface area contributed by atoms with Crippen LogP contribution < -0.4 is 10.2 Å². The van der Waals surface area contributed by atoms with Crippen LogP contribution in [-0.4, -0.2) is 52.6 Å². The lowest BCUT2D eigenvalue weighted by Crippen LogP contribution is -2.37. The topological polar surface area (TPSA) is 87.7 Å². The van der Waals surface area contributed by atoms with Crippen LogP contribution in [0, 0.1) is 24.1 Å². The van der Waals surface area contributed by atoms with Crippen LogP contribution in [0.5, 0.6) is 0 Å². The maximum absolute atomic E-state index is 14.8. The van der Waals surface area contributed by atoms with Crippen molar-refractivity contribution < 1.29 is 18.7 Å². The Hall–Kier alpha value is -3.67. The van der Waals surface area contributed by atoms with Crippen LogP contribution >= 0.6 is 0 Å². The van der Waals surface area contributed by atoms with Gasteiger partial charge in [0, 0.05) is 19.3 Å². The molecule has 1 aromatic heterocycles. The summed E-state index contributed by atoms with van der Waals surface area (Å²) in [6.45, 7) is 5.58. The summed E-state index contributed by atoms with van der Waals surface area (Å²) in [6, 6.07) is 5.09. The van der Waals surface area contributed by atoms with Crippen LogP contribution in [0.15, 0.2) is 30.5 Å². The van der Waals surface area contributed by atoms with E-state index < -0.39 is 18.0 Å². The molecule has 172 valence electrons. The number of ether oxygens (including phenoxy) is 1. The zero-order chi connectivity index (χ0) is 23.5. The Balaban J connectivity index is 1.53. The van der Waals surface area contributed by atoms with Crippen LogP contribution in [0.3, 0.4) is 0 Å². The van der Waals surface area contributed by atoms with E-state index in [-0.39, 0.29) is 36.0 Å². The van der Waals surface area contributed by atoms with E-state index >= 15 is 0 Å². The maximum Gasteiger partial charge on any atom is 0.415 e. The highest BCUT2D eigenvalue weighted by atomic mass is 19.1. The predicted octanol–water partition coefficient (Wildman–Crippen LogP) is 3.62. The number of carbonyl (C=O) groups is 2. The number of rotatable bonds is 6. The van der Waals surface area contributed by atoms with Gasteiger partial charge in [0.05, 0.1) is 11.6 Å². The average Bonchev–Trinajstić information content (AvgIpc) is 3.47. The van der Waals surface area contributed by atoms with E-state index in [4.69, 9.17) is 11.2 Å². The van der Waals surface area contributed by atoms with Gasteiger partial charge in [0.15, 0.2) is 0 Å². The third-order valence-electron chi connectivity index (χ3n) is 5.95. The highest BCUT2D eigenvalue weighted by molar-refractivity contribution is 5.94. The minimum Gasteiger partial charge on any atom is -0.447 e. The summed E-state index contributed by atoms with van der Waals surface area (Å²) in [5, 5.41) is 3.00. The molecule has 1 aromatic carbocycles. The summed E-state index contributed by atoms with van der Waals surface area (Å²) in [5.74, 6) is 2.38. The molecule has 0 radical (unpaired) electrons. The minimum atomic E-state index is -0.739. The molecule has 3 heterocycles. The molecule has 0 bridgehead atoms. The first-order valence-electron chi connectivity index (χ1n) is 11.0. The van der Waals surface area contributed by atoms with Crippen molar-refractivity contribution in [3.8, 4) is 12.3 Å². The Morgan fingerprint density at radius 3 is 2.73 bits per heavy atom. The highest BCUT2D eigenvalue weighted by Gasteiger charge is 2.37. The van der Waals surface area contributed by atoms with Gasteiger partial charge >= 0.3 is 6.09 Å². The number of carbonyl (C=O) groups excluding carboxylic acids is 2. The summed E-state index contributed by atoms with van der Waals surface area (Å²) >= 11 is 0. The van der Waals surface area contributed by atoms with E-state index in [9.17, 15) is 14.0 Å². The summed E-state index contributed by atoms with van der Waals surface area (Å²) < 4.78 is 20.0. The molecule has 1 N–H and O–H groups in total. The number of anilines is 2. The van der Waals surface area contributed by atoms with Crippen molar-refractivity contribution in [1.82, 2.24) is 14.9 Å². The number of halogens is 1. The van der Waals surface area contributed by atoms with Gasteiger partial charge in [-0.05, 0) is 42.5 Å². The van der Waals surface area contributed by atoms with Gasteiger partial charge in [-0.3, -0.25) is 9.69 Å². The zero-order valence-corrected chi connectivity index (χ0v) is 18.6. The molecular formula is C24H26FN5O3. The second-order valence-electron chi connectivity index (χ2n) is 8.48. The fraction of sp³-hybridized carbons (Fsp3) is 0.417. The van der Waals surface area contributed by atoms with E-state index in [1.165, 1.54) is 23.2 Å². The largest absolute Gasteiger partial charge is 0.447 e. The van der Waals surface area contributed by atoms with E-state index in [2.05, 4.69) is 21.2 Å². The number of aromatic nitrogens is 2. The SMILES string of the molecule is C#CC(Nc1nccc(N2C(=O)OCC2C(C)C)n1)c1ccc(C(=O)N2CCCC2)c(F)c1. The molecule has 2 fully saturated rings. The molecular weight excluding hydrogens is 425 g/mol. The summed E-state index contributed by atoms with van der Waals surface area (Å²) in [7, 11) is 0. The Kier molecular flexibility index (Phi) is 6.45. The number of amides is 2. The quantitative estimate of drug-likeness (QED) is 0.675. The number of nitrogens with zero attached hydrogens (tertiary/aromatic N) is 4. The van der Waals surface area contributed by atoms with E-state index in [1.54, 1.807) is 17.0 Å². The zero-order valence-electron chi connectivity index (χ0n) is 18.6. The number of benzene rings is 1. The Morgan fingerprint density at radius 1 is 1.30 bits per heavy atom. The maximum atomic E-state index is 14.8. The van der Waals surface area contributed by atoms with Crippen molar-refractivity contribution in [3.05, 3.63) is 47.4 Å². The van der Waals surface area contributed by atoms with Crippen molar-refractivity contribution in [2.24, 2.45) is 5.92 Å². The third-order valence-corrected chi connectivity index (χ3v) is 5.95. The molecule has 4 rings (SSSR count). The fourth-order valence-electron chi connectivity index (χ4n) is 4.07. The van der Waals surface area contributed by atoms with Crippen LogP contribution in [0.25, 0.3) is 0 Å². The molecule has 2 aliphatic heterocycles. The number of hydrogen-bond acceptors (Lipinski definition) is 6. The van der Waals surface area contributed by atoms with Crippen LogP contribution in [0.4, 0.5) is 21.0 Å². The van der Waals surface area contributed by atoms with Crippen molar-refractivity contribution in [1.29, 1.82) is 0 Å². The fourth-order valence-corrected chi connectivity index (χ4v) is 4.07. The molecule has 9 heteroatoms. The van der Waals surface area contributed by atoms with Gasteiger partial charge in [-0.2, -0.15) is 4.98 Å². The highest BCUT2D eigenvalue weighted by Crippen LogP contribution is 2.27.